The molecule has 5 heteroatoms. The summed E-state index contributed by atoms with van der Waals surface area (Å²) in [5, 5.41) is 13.5. The van der Waals surface area contributed by atoms with E-state index in [1.807, 2.05) is 30.5 Å². The van der Waals surface area contributed by atoms with Crippen LogP contribution < -0.4 is 5.32 Å². The van der Waals surface area contributed by atoms with Crippen LogP contribution in [0.3, 0.4) is 0 Å². The van der Waals surface area contributed by atoms with Crippen molar-refractivity contribution in [2.45, 2.75) is 19.1 Å². The minimum Gasteiger partial charge on any atom is -0.391 e. The largest absolute Gasteiger partial charge is 0.391 e. The fourth-order valence-corrected chi connectivity index (χ4v) is 2.51. The van der Waals surface area contributed by atoms with E-state index < -0.39 is 0 Å². The zero-order chi connectivity index (χ0) is 13.2. The summed E-state index contributed by atoms with van der Waals surface area (Å²) >= 11 is 0. The first kappa shape index (κ1) is 12.0. The Morgan fingerprint density at radius 3 is 3.16 bits per heavy atom. The maximum atomic E-state index is 11.9. The number of likely N-dealkylation sites (tertiary alicyclic amines) is 1. The topological polar surface area (TPSA) is 68.4 Å². The molecule has 0 saturated carbocycles. The summed E-state index contributed by atoms with van der Waals surface area (Å²) in [6.07, 6.45) is 2.19. The molecule has 1 aromatic carbocycles. The quantitative estimate of drug-likeness (QED) is 0.764. The van der Waals surface area contributed by atoms with Crippen molar-refractivity contribution >= 4 is 16.9 Å². The van der Waals surface area contributed by atoms with Crippen molar-refractivity contribution in [3.8, 4) is 0 Å². The molecular weight excluding hydrogens is 242 g/mol. The van der Waals surface area contributed by atoms with Crippen molar-refractivity contribution < 1.29 is 9.90 Å². The number of aliphatic hydroxyl groups is 1. The summed E-state index contributed by atoms with van der Waals surface area (Å²) in [5.74, 6) is 0. The van der Waals surface area contributed by atoms with Gasteiger partial charge in [0.2, 0.25) is 0 Å². The molecule has 0 unspecified atom stereocenters. The number of nitrogens with one attached hydrogen (secondary N) is 2. The number of hydrogen-bond acceptors (Lipinski definition) is 2. The fraction of sp³-hybridized carbons (Fsp3) is 0.357. The first-order valence-electron chi connectivity index (χ1n) is 6.50. The lowest BCUT2D eigenvalue weighted by molar-refractivity contribution is 0.172. The van der Waals surface area contributed by atoms with Crippen molar-refractivity contribution in [3.05, 3.63) is 36.0 Å². The molecule has 2 heterocycles. The third kappa shape index (κ3) is 2.42. The number of β-amino-alcohol motifs (C(OH)–C–C–N with tert-alkyl or cyclic N) is 1. The number of urea groups is 1. The minimum atomic E-state index is -0.376. The Bertz CT molecular complexity index is 593. The van der Waals surface area contributed by atoms with Crippen molar-refractivity contribution in [2.24, 2.45) is 0 Å². The Kier molecular flexibility index (Phi) is 3.13. The van der Waals surface area contributed by atoms with Crippen LogP contribution in [0, 0.1) is 0 Å². The molecule has 2 aromatic rings. The number of benzene rings is 1. The molecule has 0 aliphatic carbocycles. The van der Waals surface area contributed by atoms with Crippen LogP contribution in [-0.4, -0.2) is 40.2 Å². The van der Waals surface area contributed by atoms with Gasteiger partial charge in [0, 0.05) is 36.7 Å². The van der Waals surface area contributed by atoms with E-state index in [1.165, 1.54) is 0 Å². The van der Waals surface area contributed by atoms with Gasteiger partial charge >= 0.3 is 6.03 Å². The van der Waals surface area contributed by atoms with E-state index in [0.717, 1.165) is 16.5 Å². The molecule has 5 nitrogen and oxygen atoms in total. The Hall–Kier alpha value is -2.01. The third-order valence-corrected chi connectivity index (χ3v) is 3.57. The Labute approximate surface area is 111 Å². The number of carbonyl (C=O) groups is 1. The van der Waals surface area contributed by atoms with Gasteiger partial charge in [0.1, 0.15) is 0 Å². The Morgan fingerprint density at radius 2 is 2.37 bits per heavy atom. The summed E-state index contributed by atoms with van der Waals surface area (Å²) in [6.45, 7) is 1.56. The number of amides is 2. The van der Waals surface area contributed by atoms with E-state index in [-0.39, 0.29) is 12.1 Å². The van der Waals surface area contributed by atoms with Crippen molar-refractivity contribution in [3.63, 3.8) is 0 Å². The van der Waals surface area contributed by atoms with Crippen molar-refractivity contribution in [1.29, 1.82) is 0 Å². The van der Waals surface area contributed by atoms with Gasteiger partial charge in [0.15, 0.2) is 0 Å². The zero-order valence-electron chi connectivity index (χ0n) is 10.6. The first-order valence-corrected chi connectivity index (χ1v) is 6.50. The number of aromatic amines is 1. The highest BCUT2D eigenvalue weighted by Crippen LogP contribution is 2.17. The predicted octanol–water partition coefficient (Wildman–Crippen LogP) is 1.44. The van der Waals surface area contributed by atoms with Gasteiger partial charge in [0.05, 0.1) is 6.10 Å². The zero-order valence-corrected chi connectivity index (χ0v) is 10.6. The van der Waals surface area contributed by atoms with Crippen LogP contribution in [0.1, 0.15) is 12.0 Å². The predicted molar refractivity (Wildman–Crippen MR) is 72.7 cm³/mol. The second-order valence-electron chi connectivity index (χ2n) is 4.90. The van der Waals surface area contributed by atoms with Crippen molar-refractivity contribution in [2.75, 3.05) is 13.1 Å². The van der Waals surface area contributed by atoms with Crippen LogP contribution in [0.5, 0.6) is 0 Å². The molecule has 1 aromatic heterocycles. The number of rotatable bonds is 2. The average Bonchev–Trinajstić information content (AvgIpc) is 3.04. The molecule has 1 aliphatic heterocycles. The van der Waals surface area contributed by atoms with Crippen LogP contribution in [-0.2, 0) is 6.54 Å². The summed E-state index contributed by atoms with van der Waals surface area (Å²) in [4.78, 5) is 16.7. The number of aromatic nitrogens is 1. The van der Waals surface area contributed by atoms with Gasteiger partial charge in [-0.05, 0) is 24.1 Å². The van der Waals surface area contributed by atoms with Gasteiger partial charge in [-0.1, -0.05) is 12.1 Å². The van der Waals surface area contributed by atoms with Crippen LogP contribution in [0.25, 0.3) is 10.9 Å². The summed E-state index contributed by atoms with van der Waals surface area (Å²) in [7, 11) is 0. The Morgan fingerprint density at radius 1 is 1.47 bits per heavy atom. The second kappa shape index (κ2) is 4.93. The number of fused-ring (bicyclic) bond motifs is 1. The van der Waals surface area contributed by atoms with Gasteiger partial charge < -0.3 is 20.3 Å². The third-order valence-electron chi connectivity index (χ3n) is 3.57. The van der Waals surface area contributed by atoms with Gasteiger partial charge in [-0.3, -0.25) is 0 Å². The smallest absolute Gasteiger partial charge is 0.317 e. The molecule has 100 valence electrons. The molecule has 0 radical (unpaired) electrons. The highest BCUT2D eigenvalue weighted by atomic mass is 16.3. The lowest BCUT2D eigenvalue weighted by Gasteiger charge is -2.16. The van der Waals surface area contributed by atoms with Gasteiger partial charge in [0.25, 0.3) is 0 Å². The van der Waals surface area contributed by atoms with E-state index in [9.17, 15) is 9.90 Å². The monoisotopic (exact) mass is 259 g/mol. The van der Waals surface area contributed by atoms with Crippen LogP contribution in [0.2, 0.25) is 0 Å². The molecule has 1 saturated heterocycles. The van der Waals surface area contributed by atoms with E-state index in [0.29, 0.717) is 26.1 Å². The lowest BCUT2D eigenvalue weighted by atomic mass is 10.1. The molecular formula is C14H17N3O2. The maximum Gasteiger partial charge on any atom is 0.317 e. The molecule has 2 amide bonds. The maximum absolute atomic E-state index is 11.9. The standard InChI is InChI=1S/C14H17N3O2/c18-11-5-7-17(9-11)14(19)16-8-10-2-1-3-13-12(10)4-6-15-13/h1-4,6,11,15,18H,5,7-9H2,(H,16,19)/t11-/m1/s1. The highest BCUT2D eigenvalue weighted by molar-refractivity contribution is 5.83. The van der Waals surface area contributed by atoms with E-state index in [1.54, 1.807) is 4.90 Å². The lowest BCUT2D eigenvalue weighted by Crippen LogP contribution is -2.38. The van der Waals surface area contributed by atoms with Crippen LogP contribution >= 0.6 is 0 Å². The first-order chi connectivity index (χ1) is 9.24. The molecule has 0 bridgehead atoms. The minimum absolute atomic E-state index is 0.107. The number of aliphatic hydroxyl groups excluding tert-OH is 1. The molecule has 1 aliphatic rings. The number of nitrogens with zero attached hydrogens (tertiary/aromatic N) is 1. The highest BCUT2D eigenvalue weighted by Gasteiger charge is 2.24. The van der Waals surface area contributed by atoms with Gasteiger partial charge in [-0.25, -0.2) is 4.79 Å². The second-order valence-corrected chi connectivity index (χ2v) is 4.90. The van der Waals surface area contributed by atoms with Crippen LogP contribution in [0.4, 0.5) is 4.79 Å². The summed E-state index contributed by atoms with van der Waals surface area (Å²) in [5.41, 5.74) is 2.16. The molecule has 1 atom stereocenters. The number of carbonyl (C=O) groups excluding carboxylic acids is 1. The molecule has 1 fully saturated rings. The van der Waals surface area contributed by atoms with E-state index in [4.69, 9.17) is 0 Å². The van der Waals surface area contributed by atoms with E-state index in [2.05, 4.69) is 10.3 Å². The van der Waals surface area contributed by atoms with Crippen molar-refractivity contribution in [1.82, 2.24) is 15.2 Å². The van der Waals surface area contributed by atoms with Gasteiger partial charge in [-0.2, -0.15) is 0 Å². The molecule has 19 heavy (non-hydrogen) atoms. The number of H-pyrrole nitrogens is 1. The van der Waals surface area contributed by atoms with Gasteiger partial charge in [-0.15, -0.1) is 0 Å². The number of hydrogen-bond donors (Lipinski definition) is 3. The molecule has 3 N–H and O–H groups in total. The fourth-order valence-electron chi connectivity index (χ4n) is 2.51. The molecule has 0 spiro atoms. The average molecular weight is 259 g/mol. The SMILES string of the molecule is O=C(NCc1cccc2[nH]ccc12)N1CC[C@@H](O)C1. The summed E-state index contributed by atoms with van der Waals surface area (Å²) in [6, 6.07) is 7.90. The summed E-state index contributed by atoms with van der Waals surface area (Å²) < 4.78 is 0. The van der Waals surface area contributed by atoms with E-state index >= 15 is 0 Å². The Balaban J connectivity index is 1.66. The van der Waals surface area contributed by atoms with Crippen LogP contribution in [0.15, 0.2) is 30.5 Å². The molecule has 3 rings (SSSR count). The normalized spacial score (nSPS) is 19.0.